The Balaban J connectivity index is 1.85. The number of anilines is 2. The second-order valence-electron chi connectivity index (χ2n) is 5.92. The van der Waals surface area contributed by atoms with Crippen molar-refractivity contribution >= 4 is 28.8 Å². The van der Waals surface area contributed by atoms with Crippen LogP contribution in [0.5, 0.6) is 0 Å². The van der Waals surface area contributed by atoms with Crippen LogP contribution in [0.4, 0.5) is 11.8 Å². The molecule has 3 heterocycles. The average Bonchev–Trinajstić information content (AvgIpc) is 3.15. The summed E-state index contributed by atoms with van der Waals surface area (Å²) in [6.45, 7) is 0.157. The second-order valence-corrected chi connectivity index (χ2v) is 5.92. The van der Waals surface area contributed by atoms with Crippen molar-refractivity contribution in [1.29, 1.82) is 0 Å². The summed E-state index contributed by atoms with van der Waals surface area (Å²) in [6, 6.07) is -0.895. The van der Waals surface area contributed by atoms with E-state index in [4.69, 9.17) is 5.73 Å². The number of nitrogen functional groups attached to an aromatic ring is 1. The van der Waals surface area contributed by atoms with Crippen molar-refractivity contribution in [3.05, 3.63) is 39.1 Å². The highest BCUT2D eigenvalue weighted by Gasteiger charge is 2.19. The van der Waals surface area contributed by atoms with Gasteiger partial charge in [-0.15, -0.1) is 0 Å². The first kappa shape index (κ1) is 19.0. The second kappa shape index (κ2) is 7.87. The summed E-state index contributed by atoms with van der Waals surface area (Å²) in [5, 5.41) is 14.9. The molecule has 0 aromatic carbocycles. The van der Waals surface area contributed by atoms with Gasteiger partial charge in [0.25, 0.3) is 5.56 Å². The summed E-state index contributed by atoms with van der Waals surface area (Å²) < 4.78 is 1.17. The number of carboxylic acids is 1. The van der Waals surface area contributed by atoms with E-state index in [1.54, 1.807) is 7.05 Å². The van der Waals surface area contributed by atoms with Crippen LogP contribution in [0.25, 0.3) is 11.0 Å². The maximum absolute atomic E-state index is 12.3. The van der Waals surface area contributed by atoms with Crippen molar-refractivity contribution in [2.24, 2.45) is 0 Å². The Labute approximate surface area is 157 Å². The van der Waals surface area contributed by atoms with Crippen LogP contribution in [-0.2, 0) is 17.8 Å². The van der Waals surface area contributed by atoms with Crippen molar-refractivity contribution in [2.75, 3.05) is 24.6 Å². The molecule has 28 heavy (non-hydrogen) atoms. The predicted octanol–water partition coefficient (Wildman–Crippen LogP) is -1.89. The van der Waals surface area contributed by atoms with Crippen LogP contribution in [0.2, 0.25) is 0 Å². The summed E-state index contributed by atoms with van der Waals surface area (Å²) in [5.74, 6) is -1.11. The molecule has 3 aromatic rings. The van der Waals surface area contributed by atoms with Gasteiger partial charge < -0.3 is 26.5 Å². The lowest BCUT2D eigenvalue weighted by Gasteiger charge is -2.15. The largest absolute Gasteiger partial charge is 0.480 e. The van der Waals surface area contributed by atoms with Gasteiger partial charge >= 0.3 is 11.7 Å². The molecule has 0 aliphatic carbocycles. The van der Waals surface area contributed by atoms with Gasteiger partial charge in [0.2, 0.25) is 5.95 Å². The number of aromatic nitrogens is 6. The van der Waals surface area contributed by atoms with E-state index in [-0.39, 0.29) is 42.3 Å². The van der Waals surface area contributed by atoms with E-state index in [0.717, 1.165) is 0 Å². The van der Waals surface area contributed by atoms with Crippen molar-refractivity contribution in [2.45, 2.75) is 19.0 Å². The highest BCUT2D eigenvalue weighted by Crippen LogP contribution is 2.11. The van der Waals surface area contributed by atoms with Crippen molar-refractivity contribution in [3.63, 3.8) is 0 Å². The molecule has 148 valence electrons. The minimum atomic E-state index is -1.05. The molecule has 0 spiro atoms. The number of imidazole rings is 1. The van der Waals surface area contributed by atoms with Crippen molar-refractivity contribution in [1.82, 2.24) is 34.8 Å². The van der Waals surface area contributed by atoms with Gasteiger partial charge in [-0.2, -0.15) is 9.97 Å². The fraction of sp³-hybridized carbons (Fsp3) is 0.333. The number of hydrogen-bond donors (Lipinski definition) is 6. The van der Waals surface area contributed by atoms with Crippen LogP contribution < -0.4 is 27.6 Å². The fourth-order valence-electron chi connectivity index (χ4n) is 2.73. The smallest absolute Gasteiger partial charge is 0.351 e. The van der Waals surface area contributed by atoms with Crippen molar-refractivity contribution in [3.8, 4) is 0 Å². The average molecular weight is 389 g/mol. The van der Waals surface area contributed by atoms with Crippen LogP contribution in [0, 0.1) is 0 Å². The number of aliphatic carboxylic acids is 1. The zero-order valence-electron chi connectivity index (χ0n) is 14.9. The monoisotopic (exact) mass is 389 g/mol. The zero-order chi connectivity index (χ0) is 20.3. The van der Waals surface area contributed by atoms with E-state index in [1.165, 1.54) is 17.1 Å². The molecule has 13 heteroatoms. The number of hydrogen-bond acceptors (Lipinski definition) is 9. The molecule has 0 aliphatic rings. The summed E-state index contributed by atoms with van der Waals surface area (Å²) in [6.07, 6.45) is 3.18. The standard InChI is InChI=1S/C15H19N9O4/c1-17-14-22-11-9(12(25)23-14)10(16)21-15(28)24(11)3-2-19-8(13(26)27)4-7-5-18-6-20-7/h5-6,8,19H,2-4H2,1H3,(H,18,20)(H,26,27)(H2,16,21,28)(H2,17,22,23,25)/t8-/m0/s1. The topological polar surface area (TPSA) is 197 Å². The molecule has 13 nitrogen and oxygen atoms in total. The molecule has 0 saturated carbocycles. The molecule has 0 radical (unpaired) electrons. The Morgan fingerprint density at radius 3 is 2.82 bits per heavy atom. The third kappa shape index (κ3) is 3.83. The van der Waals surface area contributed by atoms with Crippen LogP contribution in [0.15, 0.2) is 22.1 Å². The van der Waals surface area contributed by atoms with Gasteiger partial charge in [-0.05, 0) is 0 Å². The summed E-state index contributed by atoms with van der Waals surface area (Å²) in [5.41, 5.74) is 5.20. The first-order valence-corrected chi connectivity index (χ1v) is 8.32. The van der Waals surface area contributed by atoms with Gasteiger partial charge in [-0.3, -0.25) is 19.1 Å². The molecule has 3 aromatic heterocycles. The molecular formula is C15H19N9O4. The number of aromatic amines is 2. The number of carbonyl (C=O) groups is 1. The van der Waals surface area contributed by atoms with E-state index < -0.39 is 23.3 Å². The molecule has 0 bridgehead atoms. The van der Waals surface area contributed by atoms with Gasteiger partial charge in [-0.1, -0.05) is 0 Å². The highest BCUT2D eigenvalue weighted by molar-refractivity contribution is 5.85. The highest BCUT2D eigenvalue weighted by atomic mass is 16.4. The first-order chi connectivity index (χ1) is 13.4. The first-order valence-electron chi connectivity index (χ1n) is 8.32. The molecule has 0 unspecified atom stereocenters. The number of nitrogens with two attached hydrogens (primary N) is 1. The van der Waals surface area contributed by atoms with Gasteiger partial charge in [0.15, 0.2) is 5.65 Å². The van der Waals surface area contributed by atoms with Crippen LogP contribution in [-0.4, -0.2) is 60.2 Å². The number of nitrogens with one attached hydrogen (secondary N) is 4. The lowest BCUT2D eigenvalue weighted by atomic mass is 10.1. The van der Waals surface area contributed by atoms with E-state index >= 15 is 0 Å². The van der Waals surface area contributed by atoms with Crippen molar-refractivity contribution < 1.29 is 9.90 Å². The fourth-order valence-corrected chi connectivity index (χ4v) is 2.73. The maximum atomic E-state index is 12.3. The Morgan fingerprint density at radius 1 is 1.39 bits per heavy atom. The van der Waals surface area contributed by atoms with Gasteiger partial charge in [0.1, 0.15) is 17.2 Å². The molecule has 0 fully saturated rings. The Hall–Kier alpha value is -3.74. The van der Waals surface area contributed by atoms with Crippen LogP contribution >= 0.6 is 0 Å². The van der Waals surface area contributed by atoms with Gasteiger partial charge in [0.05, 0.1) is 6.33 Å². The molecule has 0 aliphatic heterocycles. The number of rotatable bonds is 8. The number of fused-ring (bicyclic) bond motifs is 1. The Bertz CT molecular complexity index is 1100. The van der Waals surface area contributed by atoms with E-state index in [2.05, 4.69) is 35.6 Å². The van der Waals surface area contributed by atoms with E-state index in [1.807, 2.05) is 0 Å². The minimum Gasteiger partial charge on any atom is -0.480 e. The number of carboxylic acid groups (broad SMARTS) is 1. The van der Waals surface area contributed by atoms with Gasteiger partial charge in [0, 0.05) is 38.4 Å². The maximum Gasteiger partial charge on any atom is 0.351 e. The lowest BCUT2D eigenvalue weighted by Crippen LogP contribution is -2.41. The molecule has 7 N–H and O–H groups in total. The zero-order valence-corrected chi connectivity index (χ0v) is 14.9. The van der Waals surface area contributed by atoms with Crippen LogP contribution in [0.3, 0.4) is 0 Å². The third-order valence-corrected chi connectivity index (χ3v) is 4.10. The quantitative estimate of drug-likeness (QED) is 0.253. The summed E-state index contributed by atoms with van der Waals surface area (Å²) >= 11 is 0. The summed E-state index contributed by atoms with van der Waals surface area (Å²) in [4.78, 5) is 53.0. The Morgan fingerprint density at radius 2 is 2.18 bits per heavy atom. The summed E-state index contributed by atoms with van der Waals surface area (Å²) in [7, 11) is 1.56. The van der Waals surface area contributed by atoms with E-state index in [0.29, 0.717) is 5.69 Å². The third-order valence-electron chi connectivity index (χ3n) is 4.10. The molecular weight excluding hydrogens is 370 g/mol. The number of nitrogens with zero attached hydrogens (tertiary/aromatic N) is 4. The molecule has 3 rings (SSSR count). The lowest BCUT2D eigenvalue weighted by molar-refractivity contribution is -0.139. The van der Waals surface area contributed by atoms with Crippen LogP contribution in [0.1, 0.15) is 5.69 Å². The minimum absolute atomic E-state index is 0.00848. The molecule has 0 saturated heterocycles. The number of H-pyrrole nitrogens is 2. The predicted molar refractivity (Wildman–Crippen MR) is 100 cm³/mol. The normalized spacial score (nSPS) is 12.2. The molecule has 1 atom stereocenters. The van der Waals surface area contributed by atoms with Gasteiger partial charge in [-0.25, -0.2) is 9.78 Å². The Kier molecular flexibility index (Phi) is 5.35. The molecule has 0 amide bonds. The van der Waals surface area contributed by atoms with E-state index in [9.17, 15) is 19.5 Å². The SMILES string of the molecule is CNc1nc2c(c(N)nc(=O)n2CCN[C@@H](Cc2cnc[nH]2)C(=O)O)c(=O)[nH]1.